The summed E-state index contributed by atoms with van der Waals surface area (Å²) in [5.74, 6) is -0.397. The largest absolute Gasteiger partial charge is 0.493 e. The number of halogens is 2. The summed E-state index contributed by atoms with van der Waals surface area (Å²) < 4.78 is 40.3. The minimum absolute atomic E-state index is 0.0220. The summed E-state index contributed by atoms with van der Waals surface area (Å²) in [6.07, 6.45) is 0.154. The predicted molar refractivity (Wildman–Crippen MR) is 189 cm³/mol. The van der Waals surface area contributed by atoms with Gasteiger partial charge in [0, 0.05) is 34.6 Å². The maximum absolute atomic E-state index is 14.7. The van der Waals surface area contributed by atoms with Gasteiger partial charge < -0.3 is 19.7 Å². The second-order valence-corrected chi connectivity index (χ2v) is 14.8. The van der Waals surface area contributed by atoms with Gasteiger partial charge in [0.15, 0.2) is 11.5 Å². The van der Waals surface area contributed by atoms with E-state index in [4.69, 9.17) is 32.7 Å². The van der Waals surface area contributed by atoms with E-state index in [0.717, 1.165) is 9.87 Å². The number of rotatable bonds is 13. The van der Waals surface area contributed by atoms with Crippen molar-refractivity contribution in [1.29, 1.82) is 0 Å². The molecule has 4 rings (SSSR count). The van der Waals surface area contributed by atoms with E-state index in [2.05, 4.69) is 5.32 Å². The van der Waals surface area contributed by atoms with Crippen molar-refractivity contribution in [1.82, 2.24) is 10.2 Å². The molecule has 1 N–H and O–H groups in total. The minimum atomic E-state index is -4.30. The Labute approximate surface area is 292 Å². The molecule has 1 unspecified atom stereocenters. The van der Waals surface area contributed by atoms with E-state index in [1.165, 1.54) is 43.4 Å². The van der Waals surface area contributed by atoms with E-state index in [9.17, 15) is 18.0 Å². The van der Waals surface area contributed by atoms with Gasteiger partial charge in [-0.1, -0.05) is 77.8 Å². The highest BCUT2D eigenvalue weighted by molar-refractivity contribution is 7.92. The molecule has 254 valence electrons. The molecule has 0 saturated carbocycles. The van der Waals surface area contributed by atoms with Crippen LogP contribution in [0.15, 0.2) is 102 Å². The van der Waals surface area contributed by atoms with Crippen molar-refractivity contribution in [2.24, 2.45) is 0 Å². The molecule has 0 bridgehead atoms. The fraction of sp³-hybridized carbons (Fsp3) is 0.278. The van der Waals surface area contributed by atoms with Gasteiger partial charge in [0.2, 0.25) is 11.8 Å². The first kappa shape index (κ1) is 36.6. The molecule has 2 amide bonds. The molecule has 0 aliphatic rings. The number of benzene rings is 4. The lowest BCUT2D eigenvalue weighted by Gasteiger charge is -2.35. The van der Waals surface area contributed by atoms with Crippen LogP contribution in [0.25, 0.3) is 0 Å². The predicted octanol–water partition coefficient (Wildman–Crippen LogP) is 6.76. The smallest absolute Gasteiger partial charge is 0.264 e. The van der Waals surface area contributed by atoms with Crippen LogP contribution < -0.4 is 19.1 Å². The minimum Gasteiger partial charge on any atom is -0.493 e. The van der Waals surface area contributed by atoms with Gasteiger partial charge in [-0.25, -0.2) is 8.42 Å². The van der Waals surface area contributed by atoms with E-state index >= 15 is 0 Å². The van der Waals surface area contributed by atoms with E-state index in [1.807, 2.05) is 51.1 Å². The van der Waals surface area contributed by atoms with Crippen LogP contribution in [0.2, 0.25) is 10.0 Å². The molecule has 0 aliphatic heterocycles. The number of amides is 2. The van der Waals surface area contributed by atoms with Crippen LogP contribution in [-0.2, 0) is 32.6 Å². The maximum atomic E-state index is 14.7. The summed E-state index contributed by atoms with van der Waals surface area (Å²) in [4.78, 5) is 30.1. The Morgan fingerprint density at radius 2 is 1.46 bits per heavy atom. The van der Waals surface area contributed by atoms with Crippen molar-refractivity contribution in [2.45, 2.75) is 50.2 Å². The third kappa shape index (κ3) is 9.21. The molecule has 0 aromatic heterocycles. The first-order chi connectivity index (χ1) is 22.7. The molecule has 0 fully saturated rings. The maximum Gasteiger partial charge on any atom is 0.264 e. The van der Waals surface area contributed by atoms with E-state index < -0.39 is 40.0 Å². The Kier molecular flexibility index (Phi) is 12.0. The van der Waals surface area contributed by atoms with Gasteiger partial charge in [0.05, 0.1) is 24.8 Å². The molecule has 0 aliphatic carbocycles. The zero-order chi connectivity index (χ0) is 35.1. The molecule has 0 spiro atoms. The van der Waals surface area contributed by atoms with Crippen LogP contribution in [0.4, 0.5) is 5.69 Å². The Balaban J connectivity index is 1.87. The molecule has 4 aromatic rings. The van der Waals surface area contributed by atoms with Crippen molar-refractivity contribution in [3.63, 3.8) is 0 Å². The highest BCUT2D eigenvalue weighted by Crippen LogP contribution is 2.34. The lowest BCUT2D eigenvalue weighted by molar-refractivity contribution is -0.140. The summed E-state index contributed by atoms with van der Waals surface area (Å²) >= 11 is 12.8. The SMILES string of the molecule is COc1ccc(N(CC(=O)N(Cc2ccc(Cl)cc2Cl)C(Cc2ccccc2)C(=O)NC(C)(C)C)S(=O)(=O)c2ccccc2)cc1OC. The van der Waals surface area contributed by atoms with Gasteiger partial charge >= 0.3 is 0 Å². The standard InChI is InChI=1S/C36H39Cl2N3O6S/c1-36(2,3)39-35(43)31(20-25-12-8-6-9-13-25)40(23-26-16-17-27(37)21-30(26)38)34(42)24-41(48(44,45)29-14-10-7-11-15-29)28-18-19-32(46-4)33(22-28)47-5/h6-19,21-22,31H,20,23-24H2,1-5H3,(H,39,43). The second kappa shape index (κ2) is 15.8. The Morgan fingerprint density at radius 1 is 0.833 bits per heavy atom. The fourth-order valence-electron chi connectivity index (χ4n) is 5.07. The number of methoxy groups -OCH3 is 2. The molecule has 0 radical (unpaired) electrons. The number of sulfonamides is 1. The van der Waals surface area contributed by atoms with E-state index in [-0.39, 0.29) is 29.3 Å². The molecular weight excluding hydrogens is 673 g/mol. The molecule has 12 heteroatoms. The number of carbonyl (C=O) groups is 2. The number of carbonyl (C=O) groups excluding carboxylic acids is 2. The first-order valence-electron chi connectivity index (χ1n) is 15.1. The average Bonchev–Trinajstić information content (AvgIpc) is 3.05. The third-order valence-electron chi connectivity index (χ3n) is 7.39. The summed E-state index contributed by atoms with van der Waals surface area (Å²) in [5, 5.41) is 3.70. The Morgan fingerprint density at radius 3 is 2.04 bits per heavy atom. The molecular formula is C36H39Cl2N3O6S. The highest BCUT2D eigenvalue weighted by Gasteiger charge is 2.36. The van der Waals surface area contributed by atoms with Crippen LogP contribution in [-0.4, -0.2) is 57.5 Å². The van der Waals surface area contributed by atoms with Gasteiger partial charge in [-0.05, 0) is 68.3 Å². The van der Waals surface area contributed by atoms with Crippen molar-refractivity contribution in [2.75, 3.05) is 25.1 Å². The summed E-state index contributed by atoms with van der Waals surface area (Å²) in [7, 11) is -1.40. The third-order valence-corrected chi connectivity index (χ3v) is 9.77. The fourth-order valence-corrected chi connectivity index (χ4v) is 6.96. The topological polar surface area (TPSA) is 105 Å². The van der Waals surface area contributed by atoms with E-state index in [0.29, 0.717) is 21.4 Å². The van der Waals surface area contributed by atoms with Gasteiger partial charge in [-0.2, -0.15) is 0 Å². The number of anilines is 1. The number of nitrogens with zero attached hydrogens (tertiary/aromatic N) is 2. The summed E-state index contributed by atoms with van der Waals surface area (Å²) in [5.41, 5.74) is 0.869. The van der Waals surface area contributed by atoms with Crippen LogP contribution in [0.1, 0.15) is 31.9 Å². The van der Waals surface area contributed by atoms with Crippen LogP contribution in [0.3, 0.4) is 0 Å². The Hall–Kier alpha value is -4.25. The highest BCUT2D eigenvalue weighted by atomic mass is 35.5. The van der Waals surface area contributed by atoms with Crippen molar-refractivity contribution in [3.05, 3.63) is 118 Å². The summed E-state index contributed by atoms with van der Waals surface area (Å²) in [6.45, 7) is 4.79. The monoisotopic (exact) mass is 711 g/mol. The second-order valence-electron chi connectivity index (χ2n) is 12.1. The van der Waals surface area contributed by atoms with Crippen LogP contribution in [0.5, 0.6) is 11.5 Å². The van der Waals surface area contributed by atoms with Crippen molar-refractivity contribution < 1.29 is 27.5 Å². The van der Waals surface area contributed by atoms with Crippen molar-refractivity contribution in [3.8, 4) is 11.5 Å². The van der Waals surface area contributed by atoms with Gasteiger partial charge in [-0.3, -0.25) is 13.9 Å². The quantitative estimate of drug-likeness (QED) is 0.164. The van der Waals surface area contributed by atoms with Gasteiger partial charge in [-0.15, -0.1) is 0 Å². The zero-order valence-electron chi connectivity index (χ0n) is 27.4. The number of nitrogens with one attached hydrogen (secondary N) is 1. The molecule has 48 heavy (non-hydrogen) atoms. The molecule has 9 nitrogen and oxygen atoms in total. The number of ether oxygens (including phenoxy) is 2. The molecule has 4 aromatic carbocycles. The van der Waals surface area contributed by atoms with Crippen LogP contribution >= 0.6 is 23.2 Å². The van der Waals surface area contributed by atoms with Crippen molar-refractivity contribution >= 4 is 50.7 Å². The lowest BCUT2D eigenvalue weighted by Crippen LogP contribution is -2.56. The molecule has 0 heterocycles. The molecule has 0 saturated heterocycles. The normalized spacial score (nSPS) is 12.1. The number of hydrogen-bond donors (Lipinski definition) is 1. The summed E-state index contributed by atoms with van der Waals surface area (Å²) in [6, 6.07) is 25.5. The Bertz CT molecular complexity index is 1830. The molecule has 1 atom stereocenters. The van der Waals surface area contributed by atoms with Gasteiger partial charge in [0.1, 0.15) is 12.6 Å². The van der Waals surface area contributed by atoms with Gasteiger partial charge in [0.25, 0.3) is 10.0 Å². The average molecular weight is 713 g/mol. The number of hydrogen-bond acceptors (Lipinski definition) is 6. The lowest BCUT2D eigenvalue weighted by atomic mass is 10.0. The van der Waals surface area contributed by atoms with Crippen LogP contribution in [0, 0.1) is 0 Å². The zero-order valence-corrected chi connectivity index (χ0v) is 29.8. The first-order valence-corrected chi connectivity index (χ1v) is 17.3. The van der Waals surface area contributed by atoms with E-state index in [1.54, 1.807) is 42.5 Å².